The van der Waals surface area contributed by atoms with Crippen LogP contribution in [0, 0.1) is 17.3 Å². The van der Waals surface area contributed by atoms with Crippen molar-refractivity contribution in [1.82, 2.24) is 20.0 Å². The Hall–Kier alpha value is -1.63. The summed E-state index contributed by atoms with van der Waals surface area (Å²) in [5, 5.41) is 3.11. The van der Waals surface area contributed by atoms with Crippen molar-refractivity contribution in [2.75, 3.05) is 40.3 Å². The van der Waals surface area contributed by atoms with Gasteiger partial charge in [-0.15, -0.1) is 0 Å². The van der Waals surface area contributed by atoms with E-state index in [1.54, 1.807) is 0 Å². The van der Waals surface area contributed by atoms with Gasteiger partial charge in [-0.25, -0.2) is 4.79 Å². The zero-order valence-corrected chi connectivity index (χ0v) is 19.4. The van der Waals surface area contributed by atoms with Crippen molar-refractivity contribution in [3.05, 3.63) is 0 Å². The molecule has 2 aliphatic rings. The van der Waals surface area contributed by atoms with Crippen molar-refractivity contribution in [3.8, 4) is 0 Å². The van der Waals surface area contributed by atoms with Gasteiger partial charge in [0, 0.05) is 31.6 Å². The largest absolute Gasteiger partial charge is 0.342 e. The number of nitrogens with one attached hydrogen (secondary N) is 1. The van der Waals surface area contributed by atoms with E-state index in [1.807, 2.05) is 44.7 Å². The molecule has 29 heavy (non-hydrogen) atoms. The second kappa shape index (κ2) is 9.02. The first-order chi connectivity index (χ1) is 13.4. The van der Waals surface area contributed by atoms with E-state index < -0.39 is 11.0 Å². The molecule has 1 unspecified atom stereocenters. The summed E-state index contributed by atoms with van der Waals surface area (Å²) in [4.78, 5) is 44.1. The van der Waals surface area contributed by atoms with Crippen molar-refractivity contribution in [3.63, 3.8) is 0 Å². The van der Waals surface area contributed by atoms with Crippen LogP contribution in [0.4, 0.5) is 4.79 Å². The summed E-state index contributed by atoms with van der Waals surface area (Å²) < 4.78 is 0. The number of rotatable bonds is 7. The molecule has 7 nitrogen and oxygen atoms in total. The Balaban J connectivity index is 2.18. The minimum atomic E-state index is -0.829. The Labute approximate surface area is 176 Å². The fourth-order valence-corrected chi connectivity index (χ4v) is 4.36. The minimum Gasteiger partial charge on any atom is -0.342 e. The van der Waals surface area contributed by atoms with E-state index in [9.17, 15) is 14.4 Å². The second-order valence-electron chi connectivity index (χ2n) is 10.4. The number of urea groups is 1. The van der Waals surface area contributed by atoms with E-state index >= 15 is 0 Å². The van der Waals surface area contributed by atoms with Gasteiger partial charge in [0.1, 0.15) is 5.54 Å². The van der Waals surface area contributed by atoms with Gasteiger partial charge in [-0.3, -0.25) is 14.5 Å². The molecule has 4 amide bonds. The molecule has 0 aliphatic carbocycles. The normalized spacial score (nSPS) is 24.0. The van der Waals surface area contributed by atoms with E-state index in [-0.39, 0.29) is 23.8 Å². The molecule has 0 spiro atoms. The van der Waals surface area contributed by atoms with Crippen LogP contribution in [0.15, 0.2) is 0 Å². The third-order valence-corrected chi connectivity index (χ3v) is 6.21. The van der Waals surface area contributed by atoms with Crippen LogP contribution in [0.1, 0.15) is 60.3 Å². The number of nitrogens with zero attached hydrogens (tertiary/aromatic N) is 3. The molecule has 0 bridgehead atoms. The standard InChI is InChI=1S/C22H40N4O3/c1-16(2)8-11-22(19(28)26(20(29)23-22)15-14-24(6)7)17-9-12-25(13-10-17)18(27)21(3,4)5/h16-17H,8-15H2,1-7H3,(H,23,29). The molecule has 0 aromatic carbocycles. The zero-order valence-electron chi connectivity index (χ0n) is 19.4. The van der Waals surface area contributed by atoms with Crippen LogP contribution < -0.4 is 5.32 Å². The van der Waals surface area contributed by atoms with Crippen molar-refractivity contribution >= 4 is 17.8 Å². The predicted molar refractivity (Wildman–Crippen MR) is 114 cm³/mol. The van der Waals surface area contributed by atoms with E-state index in [0.29, 0.717) is 38.5 Å². The lowest BCUT2D eigenvalue weighted by Crippen LogP contribution is -2.57. The fraction of sp³-hybridized carbons (Fsp3) is 0.864. The van der Waals surface area contributed by atoms with Crippen LogP contribution in [0.3, 0.4) is 0 Å². The van der Waals surface area contributed by atoms with Crippen molar-refractivity contribution in [2.45, 2.75) is 65.8 Å². The van der Waals surface area contributed by atoms with Crippen LogP contribution in [-0.4, -0.2) is 78.4 Å². The molecular weight excluding hydrogens is 368 g/mol. The molecule has 1 atom stereocenters. The maximum atomic E-state index is 13.5. The molecule has 0 aromatic heterocycles. The summed E-state index contributed by atoms with van der Waals surface area (Å²) >= 11 is 0. The van der Waals surface area contributed by atoms with Gasteiger partial charge in [0.25, 0.3) is 5.91 Å². The minimum absolute atomic E-state index is 0.0612. The van der Waals surface area contributed by atoms with Gasteiger partial charge in [-0.05, 0) is 51.6 Å². The first kappa shape index (κ1) is 23.6. The second-order valence-corrected chi connectivity index (χ2v) is 10.4. The van der Waals surface area contributed by atoms with Crippen LogP contribution >= 0.6 is 0 Å². The third-order valence-electron chi connectivity index (χ3n) is 6.21. The molecule has 166 valence electrons. The SMILES string of the molecule is CC(C)CCC1(C2CCN(C(=O)C(C)(C)C)CC2)NC(=O)N(CCN(C)C)C1=O. The number of imide groups is 1. The average Bonchev–Trinajstić information content (AvgIpc) is 2.87. The molecule has 2 rings (SSSR count). The van der Waals surface area contributed by atoms with E-state index in [2.05, 4.69) is 19.2 Å². The van der Waals surface area contributed by atoms with Gasteiger partial charge in [0.15, 0.2) is 0 Å². The van der Waals surface area contributed by atoms with Crippen LogP contribution in [-0.2, 0) is 9.59 Å². The van der Waals surface area contributed by atoms with E-state index in [4.69, 9.17) is 0 Å². The lowest BCUT2D eigenvalue weighted by Gasteiger charge is -2.42. The smallest absolute Gasteiger partial charge is 0.325 e. The summed E-state index contributed by atoms with van der Waals surface area (Å²) in [6.45, 7) is 12.4. The number of likely N-dealkylation sites (N-methyl/N-ethyl adjacent to an activating group) is 1. The Morgan fingerprint density at radius 1 is 1.21 bits per heavy atom. The highest BCUT2D eigenvalue weighted by molar-refractivity contribution is 6.07. The Kier molecular flexibility index (Phi) is 7.36. The zero-order chi connectivity index (χ0) is 22.0. The first-order valence-corrected chi connectivity index (χ1v) is 11.0. The lowest BCUT2D eigenvalue weighted by molar-refractivity contribution is -0.142. The van der Waals surface area contributed by atoms with E-state index in [0.717, 1.165) is 19.3 Å². The van der Waals surface area contributed by atoms with Gasteiger partial charge < -0.3 is 15.1 Å². The summed E-state index contributed by atoms with van der Waals surface area (Å²) in [7, 11) is 3.87. The summed E-state index contributed by atoms with van der Waals surface area (Å²) in [6, 6.07) is -0.270. The molecule has 0 saturated carbocycles. The maximum absolute atomic E-state index is 13.5. The third kappa shape index (κ3) is 5.30. The molecule has 0 aromatic rings. The predicted octanol–water partition coefficient (Wildman–Crippen LogP) is 2.56. The molecule has 2 aliphatic heterocycles. The average molecular weight is 409 g/mol. The molecule has 0 radical (unpaired) electrons. The lowest BCUT2D eigenvalue weighted by atomic mass is 9.73. The Morgan fingerprint density at radius 2 is 1.79 bits per heavy atom. The number of piperidine rings is 1. The van der Waals surface area contributed by atoms with Crippen molar-refractivity contribution in [1.29, 1.82) is 0 Å². The van der Waals surface area contributed by atoms with Crippen molar-refractivity contribution < 1.29 is 14.4 Å². The van der Waals surface area contributed by atoms with Crippen LogP contribution in [0.5, 0.6) is 0 Å². The first-order valence-electron chi connectivity index (χ1n) is 11.0. The van der Waals surface area contributed by atoms with E-state index in [1.165, 1.54) is 4.90 Å². The van der Waals surface area contributed by atoms with Crippen LogP contribution in [0.25, 0.3) is 0 Å². The molecule has 7 heteroatoms. The highest BCUT2D eigenvalue weighted by Gasteiger charge is 2.55. The van der Waals surface area contributed by atoms with Crippen molar-refractivity contribution in [2.24, 2.45) is 17.3 Å². The molecule has 1 N–H and O–H groups in total. The van der Waals surface area contributed by atoms with Gasteiger partial charge >= 0.3 is 6.03 Å². The molecule has 2 fully saturated rings. The van der Waals surface area contributed by atoms with Gasteiger partial charge in [-0.1, -0.05) is 34.6 Å². The summed E-state index contributed by atoms with van der Waals surface area (Å²) in [5.41, 5.74) is -1.23. The molecule has 2 heterocycles. The number of carbonyl (C=O) groups excluding carboxylic acids is 3. The summed E-state index contributed by atoms with van der Waals surface area (Å²) in [5.74, 6) is 0.591. The highest BCUT2D eigenvalue weighted by Crippen LogP contribution is 2.38. The van der Waals surface area contributed by atoms with Gasteiger partial charge in [0.2, 0.25) is 5.91 Å². The molecular formula is C22H40N4O3. The Bertz CT molecular complexity index is 618. The quantitative estimate of drug-likeness (QED) is 0.657. The topological polar surface area (TPSA) is 73.0 Å². The number of carbonyl (C=O) groups is 3. The summed E-state index contributed by atoms with van der Waals surface area (Å²) in [6.07, 6.45) is 3.03. The highest BCUT2D eigenvalue weighted by atomic mass is 16.2. The Morgan fingerprint density at radius 3 is 2.28 bits per heavy atom. The maximum Gasteiger partial charge on any atom is 0.325 e. The van der Waals surface area contributed by atoms with Gasteiger partial charge in [0.05, 0.1) is 0 Å². The molecule has 2 saturated heterocycles. The fourth-order valence-electron chi connectivity index (χ4n) is 4.36. The number of hydrogen-bond donors (Lipinski definition) is 1. The number of likely N-dealkylation sites (tertiary alicyclic amines) is 1. The van der Waals surface area contributed by atoms with Crippen LogP contribution in [0.2, 0.25) is 0 Å². The monoisotopic (exact) mass is 408 g/mol. The number of hydrogen-bond acceptors (Lipinski definition) is 4. The van der Waals surface area contributed by atoms with Gasteiger partial charge in [-0.2, -0.15) is 0 Å². The number of amides is 4.